The molecule has 2 N–H and O–H groups in total. The first-order valence-electron chi connectivity index (χ1n) is 9.27. The van der Waals surface area contributed by atoms with Crippen LogP contribution in [0.3, 0.4) is 0 Å². The molecule has 1 atom stereocenters. The number of aromatic nitrogens is 1. The molecule has 0 bridgehead atoms. The monoisotopic (exact) mass is 405 g/mol. The van der Waals surface area contributed by atoms with E-state index in [0.717, 1.165) is 5.69 Å². The van der Waals surface area contributed by atoms with E-state index in [2.05, 4.69) is 15.6 Å². The molecule has 0 radical (unpaired) electrons. The van der Waals surface area contributed by atoms with Crippen molar-refractivity contribution in [3.8, 4) is 5.75 Å². The summed E-state index contributed by atoms with van der Waals surface area (Å²) in [4.78, 5) is 28.3. The zero-order valence-corrected chi connectivity index (χ0v) is 16.6. The average molecular weight is 405 g/mol. The molecule has 0 aliphatic carbocycles. The summed E-state index contributed by atoms with van der Waals surface area (Å²) in [5.41, 5.74) is 2.58. The molecular weight excluding hydrogens is 381 g/mol. The molecule has 6 nitrogen and oxygen atoms in total. The lowest BCUT2D eigenvalue weighted by atomic mass is 9.84. The van der Waals surface area contributed by atoms with Crippen LogP contribution in [0.5, 0.6) is 5.75 Å². The Balaban J connectivity index is 1.58. The molecule has 0 spiro atoms. The third kappa shape index (κ3) is 5.28. The summed E-state index contributed by atoms with van der Waals surface area (Å²) in [5, 5.41) is 7.82. The Kier molecular flexibility index (Phi) is 6.61. The van der Waals surface area contributed by atoms with Crippen LogP contribution in [-0.2, 0) is 22.4 Å². The molecule has 1 aromatic heterocycles. The number of carbonyl (C=O) groups excluding carboxylic acids is 2. The number of methoxy groups -OCH3 is 1. The maximum atomic E-state index is 14.3. The summed E-state index contributed by atoms with van der Waals surface area (Å²) in [6, 6.07) is 4.58. The minimum Gasteiger partial charge on any atom is -0.497 e. The molecule has 2 heterocycles. The van der Waals surface area contributed by atoms with Gasteiger partial charge < -0.3 is 15.4 Å². The molecule has 2 aromatic rings. The number of rotatable bonds is 9. The molecular formula is C20H24FN3O3S. The van der Waals surface area contributed by atoms with E-state index in [4.69, 9.17) is 4.74 Å². The third-order valence-electron chi connectivity index (χ3n) is 5.03. The van der Waals surface area contributed by atoms with Gasteiger partial charge in [-0.05, 0) is 43.0 Å². The van der Waals surface area contributed by atoms with Crippen LogP contribution >= 0.6 is 11.3 Å². The van der Waals surface area contributed by atoms with Crippen molar-refractivity contribution < 1.29 is 18.7 Å². The second-order valence-electron chi connectivity index (χ2n) is 7.04. The lowest BCUT2D eigenvalue weighted by molar-refractivity contribution is -0.122. The third-order valence-corrected chi connectivity index (χ3v) is 5.67. The molecule has 1 aliphatic heterocycles. The first kappa shape index (κ1) is 20.3. The van der Waals surface area contributed by atoms with Gasteiger partial charge in [0.1, 0.15) is 11.6 Å². The molecule has 28 heavy (non-hydrogen) atoms. The van der Waals surface area contributed by atoms with E-state index < -0.39 is 5.54 Å². The maximum Gasteiger partial charge on any atom is 0.220 e. The van der Waals surface area contributed by atoms with Gasteiger partial charge in [0.05, 0.1) is 18.3 Å². The molecule has 150 valence electrons. The van der Waals surface area contributed by atoms with Crippen LogP contribution in [0.4, 0.5) is 4.39 Å². The van der Waals surface area contributed by atoms with Gasteiger partial charge in [-0.25, -0.2) is 9.37 Å². The van der Waals surface area contributed by atoms with E-state index in [9.17, 15) is 14.0 Å². The number of amides is 2. The standard InChI is InChI=1S/C20H24FN3O3S/c1-27-16-2-3-17(21)14(10-16)11-20(8-5-19(26)24-20)7-4-18(25)22-9-6-15-12-28-13-23-15/h2-3,10,12-13H,4-9,11H2,1H3,(H,22,25)(H,24,26)/t20-/m1/s1. The van der Waals surface area contributed by atoms with Crippen molar-refractivity contribution in [2.45, 2.75) is 44.1 Å². The molecule has 1 saturated heterocycles. The van der Waals surface area contributed by atoms with Crippen LogP contribution in [0, 0.1) is 5.82 Å². The number of hydrogen-bond donors (Lipinski definition) is 2. The van der Waals surface area contributed by atoms with Crippen molar-refractivity contribution in [3.05, 3.63) is 46.2 Å². The molecule has 2 amide bonds. The fraction of sp³-hybridized carbons (Fsp3) is 0.450. The predicted octanol–water partition coefficient (Wildman–Crippen LogP) is 2.62. The highest BCUT2D eigenvalue weighted by atomic mass is 32.1. The SMILES string of the molecule is COc1ccc(F)c(C[C@@]2(CCC(=O)NCCc3cscn3)CCC(=O)N2)c1. The van der Waals surface area contributed by atoms with Gasteiger partial charge in [0, 0.05) is 36.7 Å². The van der Waals surface area contributed by atoms with Gasteiger partial charge in [0.15, 0.2) is 0 Å². The Morgan fingerprint density at radius 3 is 3.00 bits per heavy atom. The Morgan fingerprint density at radius 2 is 2.32 bits per heavy atom. The number of benzene rings is 1. The highest BCUT2D eigenvalue weighted by Crippen LogP contribution is 2.31. The Labute approximate surface area is 167 Å². The van der Waals surface area contributed by atoms with Crippen LogP contribution in [0.1, 0.15) is 36.9 Å². The Hall–Kier alpha value is -2.48. The van der Waals surface area contributed by atoms with E-state index >= 15 is 0 Å². The van der Waals surface area contributed by atoms with Crippen LogP contribution in [0.25, 0.3) is 0 Å². The topological polar surface area (TPSA) is 80.3 Å². The summed E-state index contributed by atoms with van der Waals surface area (Å²) in [6.07, 6.45) is 2.70. The first-order valence-corrected chi connectivity index (χ1v) is 10.2. The average Bonchev–Trinajstić information content (AvgIpc) is 3.32. The van der Waals surface area contributed by atoms with Crippen molar-refractivity contribution in [2.24, 2.45) is 0 Å². The minimum atomic E-state index is -0.615. The number of nitrogens with one attached hydrogen (secondary N) is 2. The van der Waals surface area contributed by atoms with E-state index in [1.54, 1.807) is 17.6 Å². The van der Waals surface area contributed by atoms with Gasteiger partial charge in [-0.3, -0.25) is 9.59 Å². The van der Waals surface area contributed by atoms with E-state index in [1.807, 2.05) is 5.38 Å². The summed E-state index contributed by atoms with van der Waals surface area (Å²) < 4.78 is 19.5. The number of nitrogens with zero attached hydrogens (tertiary/aromatic N) is 1. The zero-order valence-electron chi connectivity index (χ0n) is 15.8. The fourth-order valence-electron chi connectivity index (χ4n) is 3.49. The summed E-state index contributed by atoms with van der Waals surface area (Å²) in [5.74, 6) is 0.0822. The number of halogens is 1. The number of carbonyl (C=O) groups is 2. The van der Waals surface area contributed by atoms with Gasteiger partial charge in [0.2, 0.25) is 11.8 Å². The normalized spacial score (nSPS) is 18.7. The number of hydrogen-bond acceptors (Lipinski definition) is 5. The molecule has 0 saturated carbocycles. The predicted molar refractivity (Wildman–Crippen MR) is 105 cm³/mol. The van der Waals surface area contributed by atoms with Crippen LogP contribution < -0.4 is 15.4 Å². The molecule has 0 unspecified atom stereocenters. The van der Waals surface area contributed by atoms with Gasteiger partial charge >= 0.3 is 0 Å². The smallest absolute Gasteiger partial charge is 0.220 e. The van der Waals surface area contributed by atoms with Crippen LogP contribution in [0.15, 0.2) is 29.1 Å². The minimum absolute atomic E-state index is 0.0627. The quantitative estimate of drug-likeness (QED) is 0.672. The van der Waals surface area contributed by atoms with E-state index in [-0.39, 0.29) is 24.1 Å². The molecule has 3 rings (SSSR count). The van der Waals surface area contributed by atoms with E-state index in [1.165, 1.54) is 24.5 Å². The van der Waals surface area contributed by atoms with E-state index in [0.29, 0.717) is 50.0 Å². The first-order chi connectivity index (χ1) is 13.5. The summed E-state index contributed by atoms with van der Waals surface area (Å²) in [7, 11) is 1.53. The van der Waals surface area contributed by atoms with Gasteiger partial charge in [-0.15, -0.1) is 11.3 Å². The fourth-order valence-corrected chi connectivity index (χ4v) is 4.09. The number of ether oxygens (including phenoxy) is 1. The molecule has 1 aliphatic rings. The van der Waals surface area contributed by atoms with Crippen molar-refractivity contribution in [1.29, 1.82) is 0 Å². The molecule has 1 aromatic carbocycles. The van der Waals surface area contributed by atoms with Crippen LogP contribution in [0.2, 0.25) is 0 Å². The maximum absolute atomic E-state index is 14.3. The van der Waals surface area contributed by atoms with Gasteiger partial charge in [-0.1, -0.05) is 0 Å². The Bertz CT molecular complexity index is 828. The molecule has 8 heteroatoms. The van der Waals surface area contributed by atoms with Crippen molar-refractivity contribution in [3.63, 3.8) is 0 Å². The zero-order chi connectivity index (χ0) is 20.0. The highest BCUT2D eigenvalue weighted by Gasteiger charge is 2.38. The Morgan fingerprint density at radius 1 is 1.46 bits per heavy atom. The highest BCUT2D eigenvalue weighted by molar-refractivity contribution is 7.07. The second-order valence-corrected chi connectivity index (χ2v) is 7.76. The van der Waals surface area contributed by atoms with Gasteiger partial charge in [-0.2, -0.15) is 0 Å². The van der Waals surface area contributed by atoms with Crippen LogP contribution in [-0.4, -0.2) is 36.0 Å². The van der Waals surface area contributed by atoms with Crippen molar-refractivity contribution in [1.82, 2.24) is 15.6 Å². The summed E-state index contributed by atoms with van der Waals surface area (Å²) in [6.45, 7) is 0.520. The van der Waals surface area contributed by atoms with Gasteiger partial charge in [0.25, 0.3) is 0 Å². The van der Waals surface area contributed by atoms with Crippen molar-refractivity contribution >= 4 is 23.2 Å². The largest absolute Gasteiger partial charge is 0.497 e. The lowest BCUT2D eigenvalue weighted by Crippen LogP contribution is -2.44. The number of thiazole rings is 1. The summed E-state index contributed by atoms with van der Waals surface area (Å²) >= 11 is 1.53. The molecule has 1 fully saturated rings. The lowest BCUT2D eigenvalue weighted by Gasteiger charge is -2.29. The van der Waals surface area contributed by atoms with Crippen molar-refractivity contribution in [2.75, 3.05) is 13.7 Å². The second kappa shape index (κ2) is 9.14.